The highest BCUT2D eigenvalue weighted by Gasteiger charge is 2.30. The van der Waals surface area contributed by atoms with Gasteiger partial charge in [0, 0.05) is 19.2 Å². The van der Waals surface area contributed by atoms with Crippen molar-refractivity contribution in [1.82, 2.24) is 10.2 Å². The van der Waals surface area contributed by atoms with Crippen molar-refractivity contribution in [3.05, 3.63) is 0 Å². The standard InChI is InChI=1S/C15H30N2O/c1-4-14-11-13(5-10-18-14)16-12-15(2)6-8-17(3)9-7-15/h13-14,16H,4-12H2,1-3H3. The highest BCUT2D eigenvalue weighted by molar-refractivity contribution is 4.86. The molecule has 0 saturated carbocycles. The van der Waals surface area contributed by atoms with Gasteiger partial charge in [-0.05, 0) is 57.7 Å². The fraction of sp³-hybridized carbons (Fsp3) is 1.00. The van der Waals surface area contributed by atoms with Crippen LogP contribution in [-0.2, 0) is 4.74 Å². The molecule has 2 aliphatic rings. The van der Waals surface area contributed by atoms with Crippen LogP contribution in [0.3, 0.4) is 0 Å². The molecular formula is C15H30N2O. The van der Waals surface area contributed by atoms with Gasteiger partial charge in [-0.3, -0.25) is 0 Å². The average Bonchev–Trinajstić information content (AvgIpc) is 2.41. The van der Waals surface area contributed by atoms with E-state index in [9.17, 15) is 0 Å². The molecule has 106 valence electrons. The number of hydrogen-bond acceptors (Lipinski definition) is 3. The quantitative estimate of drug-likeness (QED) is 0.833. The highest BCUT2D eigenvalue weighted by atomic mass is 16.5. The molecule has 2 saturated heterocycles. The summed E-state index contributed by atoms with van der Waals surface area (Å²) in [7, 11) is 2.23. The molecule has 0 radical (unpaired) electrons. The summed E-state index contributed by atoms with van der Waals surface area (Å²) in [6.07, 6.45) is 6.69. The smallest absolute Gasteiger partial charge is 0.0587 e. The zero-order chi connectivity index (χ0) is 13.0. The van der Waals surface area contributed by atoms with E-state index in [0.29, 0.717) is 17.6 Å². The van der Waals surface area contributed by atoms with Crippen molar-refractivity contribution in [3.8, 4) is 0 Å². The van der Waals surface area contributed by atoms with Gasteiger partial charge in [-0.15, -0.1) is 0 Å². The van der Waals surface area contributed by atoms with Gasteiger partial charge in [0.15, 0.2) is 0 Å². The predicted octanol–water partition coefficient (Wildman–Crippen LogP) is 2.27. The maximum atomic E-state index is 5.74. The van der Waals surface area contributed by atoms with Crippen LogP contribution in [0, 0.1) is 5.41 Å². The molecular weight excluding hydrogens is 224 g/mol. The van der Waals surface area contributed by atoms with Crippen LogP contribution in [-0.4, -0.2) is 50.3 Å². The van der Waals surface area contributed by atoms with E-state index in [-0.39, 0.29) is 0 Å². The molecule has 2 aliphatic heterocycles. The van der Waals surface area contributed by atoms with E-state index in [1.54, 1.807) is 0 Å². The van der Waals surface area contributed by atoms with E-state index in [4.69, 9.17) is 4.74 Å². The molecule has 2 atom stereocenters. The Balaban J connectivity index is 1.73. The Morgan fingerprint density at radius 2 is 2.06 bits per heavy atom. The van der Waals surface area contributed by atoms with E-state index in [1.807, 2.05) is 0 Å². The summed E-state index contributed by atoms with van der Waals surface area (Å²) in [6, 6.07) is 0.681. The van der Waals surface area contributed by atoms with Crippen molar-refractivity contribution in [3.63, 3.8) is 0 Å². The summed E-state index contributed by atoms with van der Waals surface area (Å²) in [6.45, 7) is 9.31. The zero-order valence-electron chi connectivity index (χ0n) is 12.4. The largest absolute Gasteiger partial charge is 0.378 e. The van der Waals surface area contributed by atoms with Crippen LogP contribution in [0.25, 0.3) is 0 Å². The minimum atomic E-state index is 0.488. The summed E-state index contributed by atoms with van der Waals surface area (Å²) in [5.74, 6) is 0. The van der Waals surface area contributed by atoms with Crippen molar-refractivity contribution >= 4 is 0 Å². The highest BCUT2D eigenvalue weighted by Crippen LogP contribution is 2.30. The third-order valence-electron chi connectivity index (χ3n) is 4.83. The van der Waals surface area contributed by atoms with Crippen LogP contribution in [0.15, 0.2) is 0 Å². The number of nitrogens with one attached hydrogen (secondary N) is 1. The first kappa shape index (κ1) is 14.3. The Morgan fingerprint density at radius 1 is 1.33 bits per heavy atom. The van der Waals surface area contributed by atoms with Crippen molar-refractivity contribution in [2.75, 3.05) is 33.3 Å². The lowest BCUT2D eigenvalue weighted by Crippen LogP contribution is -2.47. The second-order valence-corrected chi connectivity index (χ2v) is 6.62. The summed E-state index contributed by atoms with van der Waals surface area (Å²) in [5, 5.41) is 3.81. The Morgan fingerprint density at radius 3 is 2.72 bits per heavy atom. The number of piperidine rings is 1. The van der Waals surface area contributed by atoms with Crippen molar-refractivity contribution in [2.45, 2.75) is 58.1 Å². The molecule has 2 heterocycles. The first-order valence-corrected chi connectivity index (χ1v) is 7.65. The van der Waals surface area contributed by atoms with E-state index in [0.717, 1.165) is 13.0 Å². The van der Waals surface area contributed by atoms with Gasteiger partial charge in [-0.2, -0.15) is 0 Å². The normalized spacial score (nSPS) is 33.5. The van der Waals surface area contributed by atoms with Gasteiger partial charge in [0.2, 0.25) is 0 Å². The minimum absolute atomic E-state index is 0.488. The number of ether oxygens (including phenoxy) is 1. The average molecular weight is 254 g/mol. The van der Waals surface area contributed by atoms with Gasteiger partial charge >= 0.3 is 0 Å². The van der Waals surface area contributed by atoms with Gasteiger partial charge in [0.05, 0.1) is 6.10 Å². The lowest BCUT2D eigenvalue weighted by molar-refractivity contribution is -0.00289. The second-order valence-electron chi connectivity index (χ2n) is 6.62. The summed E-state index contributed by atoms with van der Waals surface area (Å²) in [5.41, 5.74) is 0.506. The van der Waals surface area contributed by atoms with Crippen molar-refractivity contribution < 1.29 is 4.74 Å². The molecule has 0 bridgehead atoms. The molecule has 1 N–H and O–H groups in total. The second kappa shape index (κ2) is 6.36. The van der Waals surface area contributed by atoms with E-state index >= 15 is 0 Å². The van der Waals surface area contributed by atoms with Crippen LogP contribution in [0.4, 0.5) is 0 Å². The first-order chi connectivity index (χ1) is 8.61. The molecule has 18 heavy (non-hydrogen) atoms. The minimum Gasteiger partial charge on any atom is -0.378 e. The van der Waals surface area contributed by atoms with Crippen LogP contribution < -0.4 is 5.32 Å². The fourth-order valence-electron chi connectivity index (χ4n) is 3.08. The summed E-state index contributed by atoms with van der Waals surface area (Å²) < 4.78 is 5.74. The number of likely N-dealkylation sites (tertiary alicyclic amines) is 1. The Labute approximate surface area is 112 Å². The molecule has 2 rings (SSSR count). The third kappa shape index (κ3) is 3.94. The Kier molecular flexibility index (Phi) is 5.05. The number of nitrogens with zero attached hydrogens (tertiary/aromatic N) is 1. The van der Waals surface area contributed by atoms with Gasteiger partial charge in [0.25, 0.3) is 0 Å². The lowest BCUT2D eigenvalue weighted by atomic mass is 9.80. The summed E-state index contributed by atoms with van der Waals surface area (Å²) in [4.78, 5) is 2.45. The SMILES string of the molecule is CCC1CC(NCC2(C)CCN(C)CC2)CCO1. The van der Waals surface area contributed by atoms with Crippen LogP contribution in [0.5, 0.6) is 0 Å². The monoisotopic (exact) mass is 254 g/mol. The molecule has 0 aliphatic carbocycles. The molecule has 2 unspecified atom stereocenters. The maximum absolute atomic E-state index is 5.74. The predicted molar refractivity (Wildman–Crippen MR) is 75.9 cm³/mol. The fourth-order valence-corrected chi connectivity index (χ4v) is 3.08. The molecule has 0 aromatic rings. The Hall–Kier alpha value is -0.120. The van der Waals surface area contributed by atoms with E-state index in [1.165, 1.54) is 45.3 Å². The van der Waals surface area contributed by atoms with Crippen LogP contribution >= 0.6 is 0 Å². The maximum Gasteiger partial charge on any atom is 0.0587 e. The van der Waals surface area contributed by atoms with Crippen LogP contribution in [0.2, 0.25) is 0 Å². The van der Waals surface area contributed by atoms with E-state index in [2.05, 4.69) is 31.1 Å². The third-order valence-corrected chi connectivity index (χ3v) is 4.83. The molecule has 0 spiro atoms. The van der Waals surface area contributed by atoms with E-state index < -0.39 is 0 Å². The zero-order valence-corrected chi connectivity index (χ0v) is 12.4. The first-order valence-electron chi connectivity index (χ1n) is 7.65. The number of hydrogen-bond donors (Lipinski definition) is 1. The summed E-state index contributed by atoms with van der Waals surface area (Å²) >= 11 is 0. The lowest BCUT2D eigenvalue weighted by Gasteiger charge is -2.40. The van der Waals surface area contributed by atoms with Gasteiger partial charge in [0.1, 0.15) is 0 Å². The molecule has 3 nitrogen and oxygen atoms in total. The van der Waals surface area contributed by atoms with Crippen molar-refractivity contribution in [1.29, 1.82) is 0 Å². The molecule has 0 amide bonds. The van der Waals surface area contributed by atoms with Gasteiger partial charge in [-0.1, -0.05) is 13.8 Å². The van der Waals surface area contributed by atoms with Crippen molar-refractivity contribution in [2.24, 2.45) is 5.41 Å². The van der Waals surface area contributed by atoms with Gasteiger partial charge < -0.3 is 15.0 Å². The molecule has 3 heteroatoms. The Bertz CT molecular complexity index is 249. The van der Waals surface area contributed by atoms with Gasteiger partial charge in [-0.25, -0.2) is 0 Å². The number of rotatable bonds is 4. The topological polar surface area (TPSA) is 24.5 Å². The molecule has 0 aromatic heterocycles. The molecule has 0 aromatic carbocycles. The molecule has 2 fully saturated rings. The van der Waals surface area contributed by atoms with Crippen LogP contribution in [0.1, 0.15) is 46.0 Å².